The third-order valence-corrected chi connectivity index (χ3v) is 3.44. The maximum Gasteiger partial charge on any atom is 0.123 e. The highest BCUT2D eigenvalue weighted by molar-refractivity contribution is 7.13. The van der Waals surface area contributed by atoms with Crippen molar-refractivity contribution in [1.82, 2.24) is 10.3 Å². The summed E-state index contributed by atoms with van der Waals surface area (Å²) in [7, 11) is 0. The van der Waals surface area contributed by atoms with Crippen molar-refractivity contribution < 1.29 is 4.39 Å². The maximum absolute atomic E-state index is 12.8. The van der Waals surface area contributed by atoms with E-state index in [2.05, 4.69) is 24.1 Å². The van der Waals surface area contributed by atoms with E-state index in [0.717, 1.165) is 29.4 Å². The molecule has 0 saturated carbocycles. The van der Waals surface area contributed by atoms with Gasteiger partial charge in [-0.1, -0.05) is 13.8 Å². The lowest BCUT2D eigenvalue weighted by Gasteiger charge is -2.04. The lowest BCUT2D eigenvalue weighted by molar-refractivity contribution is 0.549. The van der Waals surface area contributed by atoms with Gasteiger partial charge in [-0.15, -0.1) is 11.3 Å². The first-order valence-corrected chi connectivity index (χ1v) is 6.94. The second-order valence-corrected chi connectivity index (χ2v) is 5.53. The smallest absolute Gasteiger partial charge is 0.123 e. The van der Waals surface area contributed by atoms with Gasteiger partial charge >= 0.3 is 0 Å². The van der Waals surface area contributed by atoms with Gasteiger partial charge in [-0.2, -0.15) is 0 Å². The van der Waals surface area contributed by atoms with Crippen LogP contribution < -0.4 is 5.32 Å². The van der Waals surface area contributed by atoms with Crippen LogP contribution in [-0.4, -0.2) is 11.5 Å². The van der Waals surface area contributed by atoms with Crippen LogP contribution in [-0.2, 0) is 6.54 Å². The average molecular weight is 264 g/mol. The van der Waals surface area contributed by atoms with Gasteiger partial charge in [0.05, 0.1) is 5.69 Å². The van der Waals surface area contributed by atoms with Gasteiger partial charge in [0.15, 0.2) is 0 Å². The first kappa shape index (κ1) is 13.2. The molecular weight excluding hydrogens is 247 g/mol. The highest BCUT2D eigenvalue weighted by Gasteiger charge is 2.05. The van der Waals surface area contributed by atoms with E-state index in [0.29, 0.717) is 5.92 Å². The number of thiazole rings is 1. The average Bonchev–Trinajstić information content (AvgIpc) is 2.78. The first-order valence-electron chi connectivity index (χ1n) is 6.06. The Bertz CT molecular complexity index is 491. The minimum absolute atomic E-state index is 0.214. The van der Waals surface area contributed by atoms with Crippen LogP contribution in [0.4, 0.5) is 4.39 Å². The van der Waals surface area contributed by atoms with Gasteiger partial charge in [0.1, 0.15) is 10.8 Å². The highest BCUT2D eigenvalue weighted by Crippen LogP contribution is 2.23. The van der Waals surface area contributed by atoms with Gasteiger partial charge in [0.2, 0.25) is 0 Å². The number of benzene rings is 1. The van der Waals surface area contributed by atoms with Crippen LogP contribution in [0.5, 0.6) is 0 Å². The van der Waals surface area contributed by atoms with Crippen molar-refractivity contribution in [2.45, 2.75) is 20.4 Å². The number of hydrogen-bond donors (Lipinski definition) is 1. The Morgan fingerprint density at radius 2 is 2.00 bits per heavy atom. The summed E-state index contributed by atoms with van der Waals surface area (Å²) >= 11 is 1.59. The predicted octanol–water partition coefficient (Wildman–Crippen LogP) is 3.69. The summed E-state index contributed by atoms with van der Waals surface area (Å²) in [5.74, 6) is 0.425. The number of rotatable bonds is 5. The molecule has 2 rings (SSSR count). The Morgan fingerprint density at radius 3 is 2.67 bits per heavy atom. The molecule has 18 heavy (non-hydrogen) atoms. The van der Waals surface area contributed by atoms with Crippen LogP contribution in [0.15, 0.2) is 29.6 Å². The molecule has 96 valence electrons. The van der Waals surface area contributed by atoms with Gasteiger partial charge in [-0.3, -0.25) is 0 Å². The van der Waals surface area contributed by atoms with E-state index in [1.807, 2.05) is 5.38 Å². The Hall–Kier alpha value is -1.26. The lowest BCUT2D eigenvalue weighted by atomic mass is 10.2. The molecule has 0 unspecified atom stereocenters. The Kier molecular flexibility index (Phi) is 4.44. The minimum atomic E-state index is -0.214. The van der Waals surface area contributed by atoms with E-state index in [-0.39, 0.29) is 5.82 Å². The lowest BCUT2D eigenvalue weighted by Crippen LogP contribution is -2.19. The van der Waals surface area contributed by atoms with Crippen molar-refractivity contribution in [3.8, 4) is 10.6 Å². The number of hydrogen-bond acceptors (Lipinski definition) is 3. The molecule has 0 spiro atoms. The molecule has 0 amide bonds. The molecule has 0 aliphatic carbocycles. The van der Waals surface area contributed by atoms with Gasteiger partial charge in [0, 0.05) is 17.5 Å². The molecule has 0 radical (unpaired) electrons. The molecule has 0 atom stereocenters. The summed E-state index contributed by atoms with van der Waals surface area (Å²) < 4.78 is 12.8. The van der Waals surface area contributed by atoms with E-state index in [1.165, 1.54) is 12.1 Å². The maximum atomic E-state index is 12.8. The van der Waals surface area contributed by atoms with Crippen LogP contribution >= 0.6 is 11.3 Å². The monoisotopic (exact) mass is 264 g/mol. The van der Waals surface area contributed by atoms with Crippen molar-refractivity contribution in [1.29, 1.82) is 0 Å². The van der Waals surface area contributed by atoms with E-state index < -0.39 is 0 Å². The van der Waals surface area contributed by atoms with Crippen LogP contribution in [0.1, 0.15) is 19.5 Å². The fraction of sp³-hybridized carbons (Fsp3) is 0.357. The van der Waals surface area contributed by atoms with Crippen LogP contribution in [0.2, 0.25) is 0 Å². The summed E-state index contributed by atoms with van der Waals surface area (Å²) in [5.41, 5.74) is 2.01. The third-order valence-electron chi connectivity index (χ3n) is 2.50. The van der Waals surface area contributed by atoms with Crippen LogP contribution in [0.3, 0.4) is 0 Å². The summed E-state index contributed by atoms with van der Waals surface area (Å²) in [6, 6.07) is 6.46. The Morgan fingerprint density at radius 1 is 1.28 bits per heavy atom. The second-order valence-electron chi connectivity index (χ2n) is 4.68. The highest BCUT2D eigenvalue weighted by atomic mass is 32.1. The molecule has 0 aliphatic heterocycles. The summed E-state index contributed by atoms with van der Waals surface area (Å²) in [4.78, 5) is 4.54. The fourth-order valence-corrected chi connectivity index (χ4v) is 2.43. The van der Waals surface area contributed by atoms with Gasteiger partial charge in [-0.05, 0) is 36.7 Å². The van der Waals surface area contributed by atoms with Gasteiger partial charge in [0.25, 0.3) is 0 Å². The van der Waals surface area contributed by atoms with Crippen molar-refractivity contribution in [2.24, 2.45) is 5.92 Å². The van der Waals surface area contributed by atoms with Crippen molar-refractivity contribution >= 4 is 11.3 Å². The molecule has 1 N–H and O–H groups in total. The zero-order valence-electron chi connectivity index (χ0n) is 10.6. The molecule has 0 bridgehead atoms. The molecule has 0 fully saturated rings. The van der Waals surface area contributed by atoms with E-state index in [1.54, 1.807) is 23.5 Å². The minimum Gasteiger partial charge on any atom is -0.311 e. The van der Waals surface area contributed by atoms with Gasteiger partial charge < -0.3 is 5.32 Å². The topological polar surface area (TPSA) is 24.9 Å². The number of halogens is 1. The molecule has 1 aromatic carbocycles. The van der Waals surface area contributed by atoms with E-state index in [4.69, 9.17) is 0 Å². The Labute approximate surface area is 111 Å². The standard InChI is InChI=1S/C14H17FN2S/c1-10(2)7-16-8-13-9-18-14(17-13)11-3-5-12(15)6-4-11/h3-6,9-10,16H,7-8H2,1-2H3. The molecule has 0 aliphatic rings. The normalized spacial score (nSPS) is 11.1. The summed E-state index contributed by atoms with van der Waals surface area (Å²) in [6.07, 6.45) is 0. The van der Waals surface area contributed by atoms with Crippen LogP contribution in [0.25, 0.3) is 10.6 Å². The molecular formula is C14H17FN2S. The fourth-order valence-electron chi connectivity index (χ4n) is 1.60. The number of aromatic nitrogens is 1. The van der Waals surface area contributed by atoms with Crippen molar-refractivity contribution in [2.75, 3.05) is 6.54 Å². The van der Waals surface area contributed by atoms with E-state index >= 15 is 0 Å². The molecule has 0 saturated heterocycles. The Balaban J connectivity index is 1.99. The number of nitrogens with zero attached hydrogens (tertiary/aromatic N) is 1. The second kappa shape index (κ2) is 6.07. The van der Waals surface area contributed by atoms with Gasteiger partial charge in [-0.25, -0.2) is 9.37 Å². The van der Waals surface area contributed by atoms with E-state index in [9.17, 15) is 4.39 Å². The zero-order chi connectivity index (χ0) is 13.0. The van der Waals surface area contributed by atoms with Crippen LogP contribution in [0, 0.1) is 11.7 Å². The molecule has 2 aromatic rings. The third kappa shape index (κ3) is 3.62. The predicted molar refractivity (Wildman–Crippen MR) is 74.1 cm³/mol. The zero-order valence-corrected chi connectivity index (χ0v) is 11.4. The summed E-state index contributed by atoms with van der Waals surface area (Å²) in [5, 5.41) is 6.35. The van der Waals surface area contributed by atoms with Crippen molar-refractivity contribution in [3.63, 3.8) is 0 Å². The molecule has 2 nitrogen and oxygen atoms in total. The first-order chi connectivity index (χ1) is 8.65. The largest absolute Gasteiger partial charge is 0.311 e. The van der Waals surface area contributed by atoms with Crippen molar-refractivity contribution in [3.05, 3.63) is 41.2 Å². The SMILES string of the molecule is CC(C)CNCc1csc(-c2ccc(F)cc2)n1. The molecule has 1 aromatic heterocycles. The summed E-state index contributed by atoms with van der Waals surface area (Å²) in [6.45, 7) is 6.13. The molecule has 4 heteroatoms. The quantitative estimate of drug-likeness (QED) is 0.890. The number of nitrogens with one attached hydrogen (secondary N) is 1. The molecule has 1 heterocycles.